The van der Waals surface area contributed by atoms with E-state index in [2.05, 4.69) is 37.5 Å². The van der Waals surface area contributed by atoms with Gasteiger partial charge < -0.3 is 14.2 Å². The number of carbonyl (C=O) groups is 1. The fraction of sp³-hybridized carbons (Fsp3) is 0.235. The topological polar surface area (TPSA) is 62.5 Å². The maximum Gasteiger partial charge on any atom is 0.300 e. The molecule has 7 heteroatoms. The fourth-order valence-electron chi connectivity index (χ4n) is 2.77. The smallest absolute Gasteiger partial charge is 0.300 e. The summed E-state index contributed by atoms with van der Waals surface area (Å²) in [5, 5.41) is 0. The first-order valence-electron chi connectivity index (χ1n) is 7.72. The van der Waals surface area contributed by atoms with Crippen LogP contribution in [0.1, 0.15) is 10.4 Å². The standard InChI is InChI=1S/C17H15IN4O2/c18-13-5-3-12(4-6-13)16(23)21-8-10-22(11-9-21)17-20-15-14(24-17)2-1-7-19-15/h1-7H,8-11H2. The molecule has 24 heavy (non-hydrogen) atoms. The highest BCUT2D eigenvalue weighted by Crippen LogP contribution is 2.21. The van der Waals surface area contributed by atoms with Gasteiger partial charge in [-0.2, -0.15) is 4.98 Å². The Hall–Kier alpha value is -2.16. The van der Waals surface area contributed by atoms with E-state index in [1.54, 1.807) is 6.20 Å². The minimum absolute atomic E-state index is 0.0743. The SMILES string of the molecule is O=C(c1ccc(I)cc1)N1CCN(c2nc3ncccc3o2)CC1. The van der Waals surface area contributed by atoms with Gasteiger partial charge in [0.2, 0.25) is 5.65 Å². The quantitative estimate of drug-likeness (QED) is 0.581. The number of amides is 1. The molecule has 4 rings (SSSR count). The van der Waals surface area contributed by atoms with Crippen molar-refractivity contribution in [2.45, 2.75) is 0 Å². The van der Waals surface area contributed by atoms with Gasteiger partial charge in [0.15, 0.2) is 5.58 Å². The fourth-order valence-corrected chi connectivity index (χ4v) is 3.13. The number of rotatable bonds is 2. The molecule has 6 nitrogen and oxygen atoms in total. The van der Waals surface area contributed by atoms with Crippen molar-refractivity contribution in [2.24, 2.45) is 0 Å². The van der Waals surface area contributed by atoms with E-state index in [4.69, 9.17) is 4.42 Å². The van der Waals surface area contributed by atoms with Gasteiger partial charge in [-0.15, -0.1) is 0 Å². The summed E-state index contributed by atoms with van der Waals surface area (Å²) in [6.45, 7) is 2.69. The van der Waals surface area contributed by atoms with Gasteiger partial charge in [-0.1, -0.05) is 0 Å². The van der Waals surface area contributed by atoms with Crippen molar-refractivity contribution in [3.05, 3.63) is 51.7 Å². The molecule has 3 heterocycles. The van der Waals surface area contributed by atoms with E-state index in [-0.39, 0.29) is 5.91 Å². The van der Waals surface area contributed by atoms with Gasteiger partial charge >= 0.3 is 0 Å². The predicted octanol–water partition coefficient (Wildman–Crippen LogP) is 2.79. The molecule has 1 aliphatic rings. The van der Waals surface area contributed by atoms with Crippen LogP contribution in [0.3, 0.4) is 0 Å². The molecule has 2 aromatic heterocycles. The first-order valence-corrected chi connectivity index (χ1v) is 8.80. The first kappa shape index (κ1) is 15.4. The minimum atomic E-state index is 0.0743. The summed E-state index contributed by atoms with van der Waals surface area (Å²) in [4.78, 5) is 25.1. The molecular weight excluding hydrogens is 419 g/mol. The van der Waals surface area contributed by atoms with Crippen LogP contribution in [0.5, 0.6) is 0 Å². The molecule has 1 amide bonds. The van der Waals surface area contributed by atoms with E-state index < -0.39 is 0 Å². The average Bonchev–Trinajstić information content (AvgIpc) is 3.06. The van der Waals surface area contributed by atoms with Crippen LogP contribution in [-0.4, -0.2) is 47.0 Å². The van der Waals surface area contributed by atoms with Crippen molar-refractivity contribution in [3.8, 4) is 0 Å². The van der Waals surface area contributed by atoms with Gasteiger partial charge in [0.25, 0.3) is 11.9 Å². The molecule has 0 aliphatic carbocycles. The van der Waals surface area contributed by atoms with Gasteiger partial charge in [0.05, 0.1) is 0 Å². The molecule has 0 N–H and O–H groups in total. The van der Waals surface area contributed by atoms with Crippen molar-refractivity contribution in [2.75, 3.05) is 31.1 Å². The molecule has 0 spiro atoms. The number of aromatic nitrogens is 2. The molecule has 1 aromatic carbocycles. The Morgan fingerprint density at radius 1 is 1.08 bits per heavy atom. The van der Waals surface area contributed by atoms with Crippen molar-refractivity contribution in [3.63, 3.8) is 0 Å². The molecule has 3 aromatic rings. The third-order valence-electron chi connectivity index (χ3n) is 4.08. The van der Waals surface area contributed by atoms with Gasteiger partial charge in [0, 0.05) is 41.5 Å². The number of benzene rings is 1. The van der Waals surface area contributed by atoms with Gasteiger partial charge in [-0.3, -0.25) is 4.79 Å². The van der Waals surface area contributed by atoms with E-state index in [0.717, 1.165) is 9.13 Å². The predicted molar refractivity (Wildman–Crippen MR) is 99.1 cm³/mol. The van der Waals surface area contributed by atoms with Crippen molar-refractivity contribution in [1.29, 1.82) is 0 Å². The number of oxazole rings is 1. The van der Waals surface area contributed by atoms with Crippen LogP contribution in [0.15, 0.2) is 47.0 Å². The number of hydrogen-bond acceptors (Lipinski definition) is 5. The number of fused-ring (bicyclic) bond motifs is 1. The summed E-state index contributed by atoms with van der Waals surface area (Å²) in [5.41, 5.74) is 2.03. The van der Waals surface area contributed by atoms with Crippen LogP contribution >= 0.6 is 22.6 Å². The van der Waals surface area contributed by atoms with E-state index in [1.165, 1.54) is 0 Å². The van der Waals surface area contributed by atoms with Crippen LogP contribution in [-0.2, 0) is 0 Å². The van der Waals surface area contributed by atoms with Gasteiger partial charge in [-0.05, 0) is 59.0 Å². The number of halogens is 1. The van der Waals surface area contributed by atoms with Gasteiger partial charge in [-0.25, -0.2) is 4.98 Å². The molecule has 0 bridgehead atoms. The molecule has 122 valence electrons. The van der Waals surface area contributed by atoms with Crippen LogP contribution in [0.2, 0.25) is 0 Å². The summed E-state index contributed by atoms with van der Waals surface area (Å²) in [6.07, 6.45) is 1.70. The summed E-state index contributed by atoms with van der Waals surface area (Å²) in [6, 6.07) is 11.9. The molecule has 0 atom stereocenters. The summed E-state index contributed by atoms with van der Waals surface area (Å²) >= 11 is 2.24. The van der Waals surface area contributed by atoms with Crippen molar-refractivity contribution < 1.29 is 9.21 Å². The Kier molecular flexibility index (Phi) is 4.09. The molecule has 1 saturated heterocycles. The van der Waals surface area contributed by atoms with Gasteiger partial charge in [0.1, 0.15) is 0 Å². The largest absolute Gasteiger partial charge is 0.422 e. The number of nitrogens with zero attached hydrogens (tertiary/aromatic N) is 4. The molecule has 0 unspecified atom stereocenters. The van der Waals surface area contributed by atoms with E-state index >= 15 is 0 Å². The second-order valence-corrected chi connectivity index (χ2v) is 6.85. The Balaban J connectivity index is 1.44. The van der Waals surface area contributed by atoms with Crippen molar-refractivity contribution >= 4 is 45.7 Å². The van der Waals surface area contributed by atoms with Crippen LogP contribution in [0.4, 0.5) is 6.01 Å². The Morgan fingerprint density at radius 2 is 1.83 bits per heavy atom. The molecule has 0 saturated carbocycles. The highest BCUT2D eigenvalue weighted by Gasteiger charge is 2.24. The van der Waals surface area contributed by atoms with E-state index in [1.807, 2.05) is 41.3 Å². The second kappa shape index (κ2) is 6.39. The lowest BCUT2D eigenvalue weighted by atomic mass is 10.2. The first-order chi connectivity index (χ1) is 11.7. The number of carbonyl (C=O) groups excluding carboxylic acids is 1. The van der Waals surface area contributed by atoms with Crippen LogP contribution in [0.25, 0.3) is 11.2 Å². The number of piperazine rings is 1. The summed E-state index contributed by atoms with van der Waals surface area (Å²) in [5.74, 6) is 0.0743. The lowest BCUT2D eigenvalue weighted by Crippen LogP contribution is -2.48. The summed E-state index contributed by atoms with van der Waals surface area (Å²) in [7, 11) is 0. The number of pyridine rings is 1. The maximum atomic E-state index is 12.6. The molecular formula is C17H15IN4O2. The third-order valence-corrected chi connectivity index (χ3v) is 4.80. The second-order valence-electron chi connectivity index (χ2n) is 5.61. The third kappa shape index (κ3) is 2.95. The molecule has 1 fully saturated rings. The Labute approximate surface area is 152 Å². The number of hydrogen-bond donors (Lipinski definition) is 0. The monoisotopic (exact) mass is 434 g/mol. The number of anilines is 1. The molecule has 1 aliphatic heterocycles. The highest BCUT2D eigenvalue weighted by molar-refractivity contribution is 14.1. The van der Waals surface area contributed by atoms with Crippen LogP contribution in [0, 0.1) is 3.57 Å². The zero-order valence-electron chi connectivity index (χ0n) is 12.9. The lowest BCUT2D eigenvalue weighted by Gasteiger charge is -2.33. The highest BCUT2D eigenvalue weighted by atomic mass is 127. The minimum Gasteiger partial charge on any atom is -0.422 e. The Bertz CT molecular complexity index is 837. The van der Waals surface area contributed by atoms with Crippen LogP contribution < -0.4 is 4.90 Å². The average molecular weight is 434 g/mol. The van der Waals surface area contributed by atoms with E-state index in [9.17, 15) is 4.79 Å². The normalized spacial score (nSPS) is 15.0. The lowest BCUT2D eigenvalue weighted by molar-refractivity contribution is 0.0745. The zero-order chi connectivity index (χ0) is 16.5. The van der Waals surface area contributed by atoms with Crippen molar-refractivity contribution in [1.82, 2.24) is 14.9 Å². The van der Waals surface area contributed by atoms with E-state index in [0.29, 0.717) is 43.4 Å². The Morgan fingerprint density at radius 3 is 2.54 bits per heavy atom. The zero-order valence-corrected chi connectivity index (χ0v) is 15.0. The molecule has 0 radical (unpaired) electrons. The summed E-state index contributed by atoms with van der Waals surface area (Å²) < 4.78 is 6.87. The maximum absolute atomic E-state index is 12.6.